The van der Waals surface area contributed by atoms with Crippen molar-refractivity contribution in [3.05, 3.63) is 96.6 Å². The number of sulfonamides is 1. The number of ether oxygens (including phenoxy) is 1. The van der Waals surface area contributed by atoms with Crippen LogP contribution in [0.2, 0.25) is 0 Å². The molecule has 0 spiro atoms. The summed E-state index contributed by atoms with van der Waals surface area (Å²) in [4.78, 5) is 14.4. The van der Waals surface area contributed by atoms with Crippen molar-refractivity contribution in [2.75, 3.05) is 11.4 Å². The van der Waals surface area contributed by atoms with Gasteiger partial charge in [-0.2, -0.15) is 0 Å². The standard InChI is InChI=1S/C25H19NO4S2/c1-30-21-13-14-23-22(16-21)31-25(26(32(23,28)29)20-9-3-2-4-10-20)24(27)19-12-11-17-7-5-6-8-18(17)15-19/h2-16,25H,1H3. The smallest absolute Gasteiger partial charge is 0.266 e. The molecule has 0 radical (unpaired) electrons. The fourth-order valence-corrected chi connectivity index (χ4v) is 7.33. The van der Waals surface area contributed by atoms with E-state index < -0.39 is 15.4 Å². The Balaban J connectivity index is 1.67. The Morgan fingerprint density at radius 2 is 1.59 bits per heavy atom. The maximum Gasteiger partial charge on any atom is 0.266 e. The van der Waals surface area contributed by atoms with Crippen LogP contribution in [0.4, 0.5) is 5.69 Å². The fraction of sp³-hybridized carbons (Fsp3) is 0.0800. The van der Waals surface area contributed by atoms with Gasteiger partial charge in [-0.3, -0.25) is 4.79 Å². The molecule has 0 amide bonds. The largest absolute Gasteiger partial charge is 0.497 e. The molecule has 5 nitrogen and oxygen atoms in total. The molecule has 4 aromatic carbocycles. The van der Waals surface area contributed by atoms with Gasteiger partial charge in [-0.1, -0.05) is 66.4 Å². The summed E-state index contributed by atoms with van der Waals surface area (Å²) in [5.74, 6) is 0.262. The summed E-state index contributed by atoms with van der Waals surface area (Å²) in [5, 5.41) is 0.960. The SMILES string of the molecule is COc1ccc2c(c1)SC(C(=O)c1ccc3ccccc3c1)N(c1ccccc1)S2(=O)=O. The summed E-state index contributed by atoms with van der Waals surface area (Å²) in [6.07, 6.45) is 0. The van der Waals surface area contributed by atoms with Crippen molar-refractivity contribution < 1.29 is 17.9 Å². The zero-order valence-electron chi connectivity index (χ0n) is 17.1. The number of Topliss-reactive ketones (excluding diaryl/α,β-unsaturated/α-hetero) is 1. The molecule has 0 aromatic heterocycles. The van der Waals surface area contributed by atoms with Crippen molar-refractivity contribution in [2.45, 2.75) is 15.2 Å². The van der Waals surface area contributed by atoms with Crippen molar-refractivity contribution in [1.82, 2.24) is 0 Å². The monoisotopic (exact) mass is 461 g/mol. The van der Waals surface area contributed by atoms with E-state index in [1.165, 1.54) is 29.2 Å². The molecule has 1 atom stereocenters. The van der Waals surface area contributed by atoms with Gasteiger partial charge in [-0.05, 0) is 47.2 Å². The Bertz CT molecular complexity index is 1440. The second-order valence-electron chi connectivity index (χ2n) is 7.35. The van der Waals surface area contributed by atoms with Crippen LogP contribution in [0.15, 0.2) is 101 Å². The van der Waals surface area contributed by atoms with E-state index in [4.69, 9.17) is 4.74 Å². The average molecular weight is 462 g/mol. The Labute approximate surface area is 190 Å². The molecule has 0 N–H and O–H groups in total. The van der Waals surface area contributed by atoms with E-state index in [1.54, 1.807) is 42.5 Å². The lowest BCUT2D eigenvalue weighted by Crippen LogP contribution is -2.46. The van der Waals surface area contributed by atoms with E-state index in [2.05, 4.69) is 0 Å². The van der Waals surface area contributed by atoms with Crippen LogP contribution in [-0.4, -0.2) is 26.7 Å². The Kier molecular flexibility index (Phi) is 5.15. The highest BCUT2D eigenvalue weighted by Crippen LogP contribution is 2.45. The van der Waals surface area contributed by atoms with Gasteiger partial charge in [0, 0.05) is 10.5 Å². The summed E-state index contributed by atoms with van der Waals surface area (Å²) in [5.41, 5.74) is 0.907. The van der Waals surface area contributed by atoms with Gasteiger partial charge >= 0.3 is 0 Å². The van der Waals surface area contributed by atoms with Crippen LogP contribution < -0.4 is 9.04 Å². The molecular formula is C25H19NO4S2. The van der Waals surface area contributed by atoms with Crippen molar-refractivity contribution >= 4 is 44.0 Å². The van der Waals surface area contributed by atoms with Gasteiger partial charge in [0.2, 0.25) is 0 Å². The molecule has 1 aliphatic rings. The Hall–Kier alpha value is -3.29. The van der Waals surface area contributed by atoms with Gasteiger partial charge in [-0.25, -0.2) is 12.7 Å². The molecule has 1 aliphatic heterocycles. The molecule has 0 bridgehead atoms. The lowest BCUT2D eigenvalue weighted by molar-refractivity contribution is 0.0991. The van der Waals surface area contributed by atoms with Gasteiger partial charge in [0.05, 0.1) is 12.8 Å². The number of carbonyl (C=O) groups is 1. The highest BCUT2D eigenvalue weighted by Gasteiger charge is 2.43. The van der Waals surface area contributed by atoms with Crippen LogP contribution in [0.3, 0.4) is 0 Å². The lowest BCUT2D eigenvalue weighted by Gasteiger charge is -2.36. The third-order valence-electron chi connectivity index (χ3n) is 5.41. The predicted molar refractivity (Wildman–Crippen MR) is 127 cm³/mol. The van der Waals surface area contributed by atoms with E-state index in [9.17, 15) is 13.2 Å². The summed E-state index contributed by atoms with van der Waals surface area (Å²) >= 11 is 1.22. The number of nitrogens with zero attached hydrogens (tertiary/aromatic N) is 1. The Morgan fingerprint density at radius 3 is 2.34 bits per heavy atom. The third-order valence-corrected chi connectivity index (χ3v) is 8.76. The summed E-state index contributed by atoms with van der Waals surface area (Å²) in [7, 11) is -2.44. The number of hydrogen-bond donors (Lipinski definition) is 0. The highest BCUT2D eigenvalue weighted by atomic mass is 32.2. The molecule has 160 valence electrons. The van der Waals surface area contributed by atoms with Gasteiger partial charge in [0.25, 0.3) is 10.0 Å². The molecule has 1 heterocycles. The number of thioether (sulfide) groups is 1. The van der Waals surface area contributed by atoms with E-state index in [0.717, 1.165) is 10.8 Å². The first-order valence-electron chi connectivity index (χ1n) is 9.96. The second-order valence-corrected chi connectivity index (χ2v) is 10.3. The molecule has 0 saturated heterocycles. The van der Waals surface area contributed by atoms with E-state index in [-0.39, 0.29) is 10.7 Å². The summed E-state index contributed by atoms with van der Waals surface area (Å²) < 4.78 is 33.9. The van der Waals surface area contributed by atoms with Gasteiger partial charge in [0.1, 0.15) is 10.6 Å². The maximum atomic E-state index is 13.7. The first-order chi connectivity index (χ1) is 15.5. The van der Waals surface area contributed by atoms with E-state index >= 15 is 0 Å². The first kappa shape index (κ1) is 20.6. The highest BCUT2D eigenvalue weighted by molar-refractivity contribution is 8.04. The van der Waals surface area contributed by atoms with Crippen LogP contribution in [0.5, 0.6) is 5.75 Å². The van der Waals surface area contributed by atoms with Crippen molar-refractivity contribution in [1.29, 1.82) is 0 Å². The van der Waals surface area contributed by atoms with Crippen LogP contribution >= 0.6 is 11.8 Å². The van der Waals surface area contributed by atoms with Gasteiger partial charge in [0.15, 0.2) is 11.2 Å². The molecule has 0 aliphatic carbocycles. The molecule has 7 heteroatoms. The van der Waals surface area contributed by atoms with Crippen molar-refractivity contribution in [2.24, 2.45) is 0 Å². The molecule has 5 rings (SSSR count). The molecule has 1 unspecified atom stereocenters. The molecular weight excluding hydrogens is 442 g/mol. The summed E-state index contributed by atoms with van der Waals surface area (Å²) in [6.45, 7) is 0. The minimum absolute atomic E-state index is 0.162. The number of methoxy groups -OCH3 is 1. The van der Waals surface area contributed by atoms with Gasteiger partial charge < -0.3 is 4.74 Å². The minimum Gasteiger partial charge on any atom is -0.497 e. The van der Waals surface area contributed by atoms with E-state index in [0.29, 0.717) is 21.9 Å². The third kappa shape index (κ3) is 3.43. The average Bonchev–Trinajstić information content (AvgIpc) is 2.83. The number of anilines is 1. The number of ketones is 1. The lowest BCUT2D eigenvalue weighted by atomic mass is 10.0. The van der Waals surface area contributed by atoms with Crippen LogP contribution in [-0.2, 0) is 10.0 Å². The topological polar surface area (TPSA) is 63.7 Å². The van der Waals surface area contributed by atoms with Crippen LogP contribution in [0, 0.1) is 0 Å². The number of rotatable bonds is 4. The fourth-order valence-electron chi connectivity index (χ4n) is 3.81. The van der Waals surface area contributed by atoms with Crippen molar-refractivity contribution in [3.8, 4) is 5.75 Å². The first-order valence-corrected chi connectivity index (χ1v) is 12.3. The number of para-hydroxylation sites is 1. The maximum absolute atomic E-state index is 13.7. The number of carbonyl (C=O) groups excluding carboxylic acids is 1. The normalized spacial score (nSPS) is 17.0. The van der Waals surface area contributed by atoms with E-state index in [1.807, 2.05) is 42.5 Å². The Morgan fingerprint density at radius 1 is 0.875 bits per heavy atom. The molecule has 32 heavy (non-hydrogen) atoms. The predicted octanol–water partition coefficient (Wildman–Crippen LogP) is 5.36. The zero-order chi connectivity index (χ0) is 22.3. The zero-order valence-corrected chi connectivity index (χ0v) is 18.8. The molecule has 0 saturated carbocycles. The minimum atomic E-state index is -3.97. The quantitative estimate of drug-likeness (QED) is 0.383. The summed E-state index contributed by atoms with van der Waals surface area (Å²) in [6, 6.07) is 26.8. The van der Waals surface area contributed by atoms with Crippen LogP contribution in [0.1, 0.15) is 10.4 Å². The number of fused-ring (bicyclic) bond motifs is 2. The van der Waals surface area contributed by atoms with Gasteiger partial charge in [-0.15, -0.1) is 0 Å². The molecule has 0 fully saturated rings. The molecule has 4 aromatic rings. The second kappa shape index (κ2) is 8.00. The number of benzene rings is 4. The van der Waals surface area contributed by atoms with Crippen LogP contribution in [0.25, 0.3) is 10.8 Å². The number of hydrogen-bond acceptors (Lipinski definition) is 5. The van der Waals surface area contributed by atoms with Crippen molar-refractivity contribution in [3.63, 3.8) is 0 Å².